The maximum Gasteiger partial charge on any atom is 0.325 e. The van der Waals surface area contributed by atoms with Gasteiger partial charge in [-0.25, -0.2) is 8.42 Å². The van der Waals surface area contributed by atoms with Crippen LogP contribution in [0.3, 0.4) is 0 Å². The van der Waals surface area contributed by atoms with Crippen LogP contribution in [0.4, 0.5) is 5.69 Å². The number of hydrogen-bond donors (Lipinski definition) is 1. The van der Waals surface area contributed by atoms with Crippen LogP contribution in [-0.4, -0.2) is 25.4 Å². The summed E-state index contributed by atoms with van der Waals surface area (Å²) in [6.07, 6.45) is -0.773. The molecule has 2 rings (SSSR count). The van der Waals surface area contributed by atoms with Crippen molar-refractivity contribution in [1.29, 1.82) is 0 Å². The third kappa shape index (κ3) is 5.34. The summed E-state index contributed by atoms with van der Waals surface area (Å²) in [4.78, 5) is 22.9. The van der Waals surface area contributed by atoms with Crippen molar-refractivity contribution in [1.82, 2.24) is 4.72 Å². The highest BCUT2D eigenvalue weighted by Crippen LogP contribution is 2.23. The summed E-state index contributed by atoms with van der Waals surface area (Å²) in [5, 5.41) is 12.5. The van der Waals surface area contributed by atoms with Gasteiger partial charge >= 0.3 is 5.97 Å². The number of hydrogen-bond acceptors (Lipinski definition) is 7. The SMILES string of the molecule is CC(C)[C@@H](NS(=O)(=O)c1cccs1)C(=O)O[C@H](C)c1cccc([N+](=O)[O-])c1. The zero-order valence-electron chi connectivity index (χ0n) is 15.0. The number of carbonyl (C=O) groups excluding carboxylic acids is 1. The molecule has 146 valence electrons. The molecule has 0 radical (unpaired) electrons. The van der Waals surface area contributed by atoms with Gasteiger partial charge in [0.15, 0.2) is 0 Å². The molecule has 0 amide bonds. The molecule has 27 heavy (non-hydrogen) atoms. The van der Waals surface area contributed by atoms with E-state index in [2.05, 4.69) is 4.72 Å². The van der Waals surface area contributed by atoms with Crippen LogP contribution in [0.25, 0.3) is 0 Å². The molecule has 1 aromatic heterocycles. The quantitative estimate of drug-likeness (QED) is 0.404. The molecule has 10 heteroatoms. The number of nitro groups is 1. The Balaban J connectivity index is 2.15. The Morgan fingerprint density at radius 3 is 2.48 bits per heavy atom. The van der Waals surface area contributed by atoms with Crippen LogP contribution in [0.15, 0.2) is 46.0 Å². The van der Waals surface area contributed by atoms with Gasteiger partial charge in [-0.2, -0.15) is 4.72 Å². The van der Waals surface area contributed by atoms with Crippen LogP contribution in [0.5, 0.6) is 0 Å². The molecule has 0 aliphatic heterocycles. The predicted molar refractivity (Wildman–Crippen MR) is 101 cm³/mol. The number of carbonyl (C=O) groups is 1. The standard InChI is InChI=1S/C17H20N2O6S2/c1-11(2)16(18-27(23,24)15-8-5-9-26-15)17(20)25-12(3)13-6-4-7-14(10-13)19(21)22/h4-12,16,18H,1-3H3/t12-,16-/m1/s1. The minimum absolute atomic E-state index is 0.104. The van der Waals surface area contributed by atoms with Crippen LogP contribution in [0, 0.1) is 16.0 Å². The zero-order valence-corrected chi connectivity index (χ0v) is 16.6. The number of esters is 1. The lowest BCUT2D eigenvalue weighted by Gasteiger charge is -2.23. The first-order valence-electron chi connectivity index (χ1n) is 8.12. The van der Waals surface area contributed by atoms with Gasteiger partial charge in [0, 0.05) is 12.1 Å². The number of nitro benzene ring substituents is 1. The molecule has 2 aromatic rings. The first-order chi connectivity index (χ1) is 12.6. The second-order valence-electron chi connectivity index (χ2n) is 6.21. The fraction of sp³-hybridized carbons (Fsp3) is 0.353. The molecule has 8 nitrogen and oxygen atoms in total. The first kappa shape index (κ1) is 21.0. The molecule has 0 spiro atoms. The minimum Gasteiger partial charge on any atom is -0.457 e. The van der Waals surface area contributed by atoms with Gasteiger partial charge in [0.05, 0.1) is 4.92 Å². The Bertz CT molecular complexity index is 909. The topological polar surface area (TPSA) is 116 Å². The van der Waals surface area contributed by atoms with Crippen molar-refractivity contribution in [2.24, 2.45) is 5.92 Å². The minimum atomic E-state index is -3.85. The molecule has 0 bridgehead atoms. The Hall–Kier alpha value is -2.30. The number of sulfonamides is 1. The lowest BCUT2D eigenvalue weighted by Crippen LogP contribution is -2.45. The second-order valence-corrected chi connectivity index (χ2v) is 9.09. The molecule has 1 N–H and O–H groups in total. The molecule has 0 saturated heterocycles. The number of thiophene rings is 1. The fourth-order valence-electron chi connectivity index (χ4n) is 2.30. The molecule has 1 aromatic carbocycles. The third-order valence-corrected chi connectivity index (χ3v) is 6.64. The highest BCUT2D eigenvalue weighted by atomic mass is 32.2. The Morgan fingerprint density at radius 2 is 1.93 bits per heavy atom. The predicted octanol–water partition coefficient (Wildman–Crippen LogP) is 3.26. The summed E-state index contributed by atoms with van der Waals surface area (Å²) in [5.41, 5.74) is 0.329. The molecule has 0 fully saturated rings. The summed E-state index contributed by atoms with van der Waals surface area (Å²) in [6, 6.07) is 7.72. The molecular weight excluding hydrogens is 392 g/mol. The van der Waals surface area contributed by atoms with E-state index in [1.165, 1.54) is 24.3 Å². The van der Waals surface area contributed by atoms with E-state index in [1.54, 1.807) is 38.3 Å². The average molecular weight is 412 g/mol. The van der Waals surface area contributed by atoms with E-state index in [0.717, 1.165) is 11.3 Å². The van der Waals surface area contributed by atoms with Gasteiger partial charge in [0.25, 0.3) is 15.7 Å². The average Bonchev–Trinajstić information content (AvgIpc) is 3.15. The molecule has 0 unspecified atom stereocenters. The van der Waals surface area contributed by atoms with Crippen LogP contribution in [0.2, 0.25) is 0 Å². The Kier molecular flexibility index (Phi) is 6.68. The van der Waals surface area contributed by atoms with Gasteiger partial charge in [-0.05, 0) is 29.9 Å². The zero-order chi connectivity index (χ0) is 20.2. The highest BCUT2D eigenvalue weighted by Gasteiger charge is 2.31. The summed E-state index contributed by atoms with van der Waals surface area (Å²) in [7, 11) is -3.85. The van der Waals surface area contributed by atoms with Crippen molar-refractivity contribution in [2.45, 2.75) is 37.1 Å². The monoisotopic (exact) mass is 412 g/mol. The maximum atomic E-state index is 12.6. The number of non-ortho nitro benzene ring substituents is 1. The van der Waals surface area contributed by atoms with Gasteiger partial charge < -0.3 is 4.74 Å². The maximum absolute atomic E-state index is 12.6. The first-order valence-corrected chi connectivity index (χ1v) is 10.5. The van der Waals surface area contributed by atoms with Crippen molar-refractivity contribution in [3.63, 3.8) is 0 Å². The Labute approximate surface area is 161 Å². The van der Waals surface area contributed by atoms with Gasteiger partial charge in [-0.3, -0.25) is 14.9 Å². The van der Waals surface area contributed by atoms with E-state index in [4.69, 9.17) is 4.74 Å². The van der Waals surface area contributed by atoms with Gasteiger partial charge in [0.2, 0.25) is 0 Å². The van der Waals surface area contributed by atoms with E-state index in [0.29, 0.717) is 5.56 Å². The summed E-state index contributed by atoms with van der Waals surface area (Å²) in [5.74, 6) is -1.10. The number of ether oxygens (including phenoxy) is 1. The third-order valence-electron chi connectivity index (χ3n) is 3.81. The highest BCUT2D eigenvalue weighted by molar-refractivity contribution is 7.91. The van der Waals surface area contributed by atoms with E-state index in [1.807, 2.05) is 0 Å². The molecule has 0 aliphatic carbocycles. The summed E-state index contributed by atoms with van der Waals surface area (Å²) >= 11 is 1.04. The number of nitrogens with zero attached hydrogens (tertiary/aromatic N) is 1. The molecule has 0 saturated carbocycles. The number of nitrogens with one attached hydrogen (secondary N) is 1. The van der Waals surface area contributed by atoms with Gasteiger partial charge in [-0.1, -0.05) is 32.0 Å². The Morgan fingerprint density at radius 1 is 1.22 bits per heavy atom. The van der Waals surface area contributed by atoms with E-state index >= 15 is 0 Å². The van der Waals surface area contributed by atoms with Crippen LogP contribution >= 0.6 is 11.3 Å². The number of rotatable bonds is 8. The lowest BCUT2D eigenvalue weighted by molar-refractivity contribution is -0.385. The number of benzene rings is 1. The summed E-state index contributed by atoms with van der Waals surface area (Å²) < 4.78 is 32.7. The molecule has 0 aliphatic rings. The van der Waals surface area contributed by atoms with E-state index in [-0.39, 0.29) is 15.8 Å². The smallest absolute Gasteiger partial charge is 0.325 e. The van der Waals surface area contributed by atoms with Gasteiger partial charge in [-0.15, -0.1) is 11.3 Å². The van der Waals surface area contributed by atoms with Crippen LogP contribution < -0.4 is 4.72 Å². The second kappa shape index (κ2) is 8.59. The van der Waals surface area contributed by atoms with Crippen LogP contribution in [-0.2, 0) is 19.6 Å². The van der Waals surface area contributed by atoms with Gasteiger partial charge in [0.1, 0.15) is 16.4 Å². The van der Waals surface area contributed by atoms with Crippen LogP contribution in [0.1, 0.15) is 32.4 Å². The molecule has 2 atom stereocenters. The summed E-state index contributed by atoms with van der Waals surface area (Å²) in [6.45, 7) is 4.96. The van der Waals surface area contributed by atoms with Crippen molar-refractivity contribution >= 4 is 33.0 Å². The van der Waals surface area contributed by atoms with Crippen molar-refractivity contribution in [3.05, 3.63) is 57.5 Å². The normalized spacial score (nSPS) is 13.9. The molecule has 1 heterocycles. The molecular formula is C17H20N2O6S2. The fourth-order valence-corrected chi connectivity index (χ4v) is 4.65. The lowest BCUT2D eigenvalue weighted by atomic mass is 10.1. The van der Waals surface area contributed by atoms with E-state index < -0.39 is 33.1 Å². The van der Waals surface area contributed by atoms with E-state index in [9.17, 15) is 23.3 Å². The van der Waals surface area contributed by atoms with Crippen molar-refractivity contribution in [2.75, 3.05) is 0 Å². The van der Waals surface area contributed by atoms with Crippen molar-refractivity contribution < 1.29 is 22.9 Å². The largest absolute Gasteiger partial charge is 0.457 e. The van der Waals surface area contributed by atoms with Crippen molar-refractivity contribution in [3.8, 4) is 0 Å².